The molecule has 0 amide bonds. The largest absolute Gasteiger partial charge is 0.472 e. The molecular formula is C47H78NO10P. The Morgan fingerprint density at radius 2 is 1.27 bits per heavy atom. The molecule has 336 valence electrons. The van der Waals surface area contributed by atoms with Gasteiger partial charge >= 0.3 is 19.8 Å². The number of aliphatic hydroxyl groups excluding tert-OH is 1. The second-order valence-corrected chi connectivity index (χ2v) is 16.4. The van der Waals surface area contributed by atoms with Crippen molar-refractivity contribution in [3.05, 3.63) is 83.4 Å². The number of phosphoric ester groups is 1. The topological polar surface area (TPSA) is 168 Å². The van der Waals surface area contributed by atoms with Gasteiger partial charge in [-0.1, -0.05) is 126 Å². The van der Waals surface area contributed by atoms with Crippen LogP contribution < -0.4 is 5.73 Å². The van der Waals surface area contributed by atoms with E-state index < -0.39 is 38.6 Å². The van der Waals surface area contributed by atoms with Gasteiger partial charge < -0.3 is 29.6 Å². The molecule has 1 rings (SSSR count). The van der Waals surface area contributed by atoms with Gasteiger partial charge in [0.1, 0.15) is 18.1 Å². The highest BCUT2D eigenvalue weighted by Gasteiger charge is 2.26. The number of rotatable bonds is 37. The van der Waals surface area contributed by atoms with Crippen LogP contribution in [0.25, 0.3) is 0 Å². The highest BCUT2D eigenvalue weighted by molar-refractivity contribution is 7.47. The molecule has 12 heteroatoms. The number of hydrogen-bond acceptors (Lipinski definition) is 10. The Morgan fingerprint density at radius 3 is 1.88 bits per heavy atom. The molecule has 1 aromatic rings. The van der Waals surface area contributed by atoms with Crippen LogP contribution in [-0.4, -0.2) is 60.5 Å². The molecule has 0 saturated heterocycles. The summed E-state index contributed by atoms with van der Waals surface area (Å²) in [6.45, 7) is 7.66. The number of ether oxygens (including phenoxy) is 2. The summed E-state index contributed by atoms with van der Waals surface area (Å²) in [6.07, 6.45) is 36.8. The molecule has 0 aliphatic carbocycles. The average Bonchev–Trinajstić information content (AvgIpc) is 3.48. The first-order valence-electron chi connectivity index (χ1n) is 22.2. The minimum absolute atomic E-state index is 0.0108. The average molecular weight is 848 g/mol. The number of unbranched alkanes of at least 4 members (excludes halogenated alkanes) is 9. The van der Waals surface area contributed by atoms with Gasteiger partial charge in [0.25, 0.3) is 0 Å². The standard InChI is InChI=1S/C47H78NO10P/c1-5-7-9-10-11-12-13-14-15-16-19-22-26-30-42(49)31-29-35-47(51)57-43(39-56-59(52,53)55-37-36-48)38-54-46(50)34-28-24-21-18-17-20-23-27-33-45-41(4)40(3)44(58-45)32-25-8-6-2/h7,9,11-12,14-15,19,22,26,30,42-43,49H,5-6,8,10,13,16-18,20-21,23-25,27-29,31-39,48H2,1-4H3,(H,52,53)/b9-7-,12-11-,15-14-,22-19-,30-26+/t42?,43-/m1/s1. The maximum Gasteiger partial charge on any atom is 0.472 e. The summed E-state index contributed by atoms with van der Waals surface area (Å²) >= 11 is 0. The van der Waals surface area contributed by atoms with Crippen LogP contribution in [0, 0.1) is 13.8 Å². The Bertz CT molecular complexity index is 1450. The summed E-state index contributed by atoms with van der Waals surface area (Å²) in [7, 11) is -4.45. The zero-order valence-corrected chi connectivity index (χ0v) is 37.7. The van der Waals surface area contributed by atoms with E-state index in [0.29, 0.717) is 19.3 Å². The molecule has 2 unspecified atom stereocenters. The number of nitrogens with two attached hydrogens (primary N) is 1. The fourth-order valence-electron chi connectivity index (χ4n) is 6.13. The summed E-state index contributed by atoms with van der Waals surface area (Å²) in [5.74, 6) is 1.25. The van der Waals surface area contributed by atoms with Crippen molar-refractivity contribution < 1.29 is 47.1 Å². The maximum atomic E-state index is 12.6. The van der Waals surface area contributed by atoms with Crippen molar-refractivity contribution in [3.63, 3.8) is 0 Å². The molecule has 0 radical (unpaired) electrons. The molecule has 0 aromatic carbocycles. The summed E-state index contributed by atoms with van der Waals surface area (Å²) < 4.78 is 38.9. The van der Waals surface area contributed by atoms with Gasteiger partial charge in [0.2, 0.25) is 0 Å². The second-order valence-electron chi connectivity index (χ2n) is 15.0. The SMILES string of the molecule is CC/C=C\C/C=C\C/C=C\C/C=C\C=C\C(O)CCCC(=O)O[C@H](COC(=O)CCCCCCCCCCc1oc(CCCCC)c(C)c1C)COP(=O)(O)OCCN. The minimum atomic E-state index is -4.45. The Hall–Kier alpha value is -3.05. The monoisotopic (exact) mass is 848 g/mol. The number of hydrogen-bond donors (Lipinski definition) is 3. The van der Waals surface area contributed by atoms with Crippen LogP contribution in [-0.2, 0) is 45.5 Å². The summed E-state index contributed by atoms with van der Waals surface area (Å²) in [5, 5.41) is 10.3. The van der Waals surface area contributed by atoms with Crippen molar-refractivity contribution in [1.29, 1.82) is 0 Å². The quantitative estimate of drug-likeness (QED) is 0.0192. The molecule has 0 aliphatic rings. The smallest absolute Gasteiger partial charge is 0.466 e. The first-order chi connectivity index (χ1) is 28.5. The molecule has 11 nitrogen and oxygen atoms in total. The van der Waals surface area contributed by atoms with Crippen LogP contribution >= 0.6 is 7.82 Å². The van der Waals surface area contributed by atoms with E-state index >= 15 is 0 Å². The van der Waals surface area contributed by atoms with Crippen molar-refractivity contribution >= 4 is 19.8 Å². The lowest BCUT2D eigenvalue weighted by Gasteiger charge is -2.20. The van der Waals surface area contributed by atoms with Gasteiger partial charge in [0, 0.05) is 32.2 Å². The lowest BCUT2D eigenvalue weighted by atomic mass is 10.0. The molecule has 1 aromatic heterocycles. The third-order valence-electron chi connectivity index (χ3n) is 9.73. The molecule has 0 saturated carbocycles. The van der Waals surface area contributed by atoms with E-state index in [2.05, 4.69) is 64.2 Å². The third kappa shape index (κ3) is 29.8. The fraction of sp³-hybridized carbons (Fsp3) is 0.660. The van der Waals surface area contributed by atoms with E-state index in [1.807, 2.05) is 12.2 Å². The Kier molecular flexibility index (Phi) is 32.6. The van der Waals surface area contributed by atoms with E-state index in [4.69, 9.17) is 28.7 Å². The highest BCUT2D eigenvalue weighted by Crippen LogP contribution is 2.43. The summed E-state index contributed by atoms with van der Waals surface area (Å²) in [6, 6.07) is 0. The van der Waals surface area contributed by atoms with Gasteiger partial charge in [-0.05, 0) is 82.8 Å². The van der Waals surface area contributed by atoms with Gasteiger partial charge in [-0.2, -0.15) is 0 Å². The van der Waals surface area contributed by atoms with Crippen LogP contribution in [0.1, 0.15) is 158 Å². The Labute approximate surface area is 356 Å². The predicted molar refractivity (Wildman–Crippen MR) is 238 cm³/mol. The molecule has 59 heavy (non-hydrogen) atoms. The van der Waals surface area contributed by atoms with Gasteiger partial charge in [0.05, 0.1) is 19.3 Å². The molecule has 0 bridgehead atoms. The third-order valence-corrected chi connectivity index (χ3v) is 10.7. The molecule has 1 heterocycles. The van der Waals surface area contributed by atoms with E-state index in [-0.39, 0.29) is 32.6 Å². The van der Waals surface area contributed by atoms with Gasteiger partial charge in [-0.25, -0.2) is 4.57 Å². The van der Waals surface area contributed by atoms with Crippen LogP contribution in [0.4, 0.5) is 0 Å². The van der Waals surface area contributed by atoms with E-state index in [1.54, 1.807) is 12.2 Å². The Morgan fingerprint density at radius 1 is 0.712 bits per heavy atom. The van der Waals surface area contributed by atoms with Crippen LogP contribution in [0.2, 0.25) is 0 Å². The molecule has 0 spiro atoms. The fourth-order valence-corrected chi connectivity index (χ4v) is 6.90. The van der Waals surface area contributed by atoms with Crippen molar-refractivity contribution in [2.24, 2.45) is 5.73 Å². The van der Waals surface area contributed by atoms with Gasteiger partial charge in [0.15, 0.2) is 6.10 Å². The van der Waals surface area contributed by atoms with Crippen LogP contribution in [0.5, 0.6) is 0 Å². The van der Waals surface area contributed by atoms with Gasteiger partial charge in [-0.3, -0.25) is 18.6 Å². The zero-order valence-electron chi connectivity index (χ0n) is 36.8. The minimum Gasteiger partial charge on any atom is -0.466 e. The van der Waals surface area contributed by atoms with Crippen molar-refractivity contribution in [1.82, 2.24) is 0 Å². The number of esters is 2. The molecule has 3 atom stereocenters. The molecular weight excluding hydrogens is 769 g/mol. The van der Waals surface area contributed by atoms with Crippen molar-refractivity contribution in [3.8, 4) is 0 Å². The maximum absolute atomic E-state index is 12.6. The van der Waals surface area contributed by atoms with Gasteiger partial charge in [-0.15, -0.1) is 0 Å². The first kappa shape index (κ1) is 54.0. The predicted octanol–water partition coefficient (Wildman–Crippen LogP) is 11.1. The van der Waals surface area contributed by atoms with E-state index in [9.17, 15) is 24.2 Å². The first-order valence-corrected chi connectivity index (χ1v) is 23.7. The number of aliphatic hydroxyl groups is 1. The van der Waals surface area contributed by atoms with Crippen LogP contribution in [0.15, 0.2) is 65.2 Å². The molecule has 0 aliphatic heterocycles. The molecule has 4 N–H and O–H groups in total. The summed E-state index contributed by atoms with van der Waals surface area (Å²) in [4.78, 5) is 35.0. The van der Waals surface area contributed by atoms with Crippen molar-refractivity contribution in [2.75, 3.05) is 26.4 Å². The molecule has 0 fully saturated rings. The number of carbonyl (C=O) groups is 2. The lowest BCUT2D eigenvalue weighted by molar-refractivity contribution is -0.161. The second kappa shape index (κ2) is 35.7. The van der Waals surface area contributed by atoms with E-state index in [1.165, 1.54) is 43.2 Å². The zero-order chi connectivity index (χ0) is 43.4. The number of furan rings is 1. The number of phosphoric acid groups is 1. The summed E-state index contributed by atoms with van der Waals surface area (Å²) in [5.41, 5.74) is 7.98. The number of carbonyl (C=O) groups excluding carboxylic acids is 2. The highest BCUT2D eigenvalue weighted by atomic mass is 31.2. The lowest BCUT2D eigenvalue weighted by Crippen LogP contribution is -2.29. The number of aryl methyl sites for hydroxylation is 2. The van der Waals surface area contributed by atoms with Crippen LogP contribution in [0.3, 0.4) is 0 Å². The number of allylic oxidation sites excluding steroid dienone is 9. The Balaban J connectivity index is 2.34. The van der Waals surface area contributed by atoms with Crippen molar-refractivity contribution in [2.45, 2.75) is 175 Å². The van der Waals surface area contributed by atoms with E-state index in [0.717, 1.165) is 82.1 Å². The normalized spacial score (nSPS) is 14.4.